The van der Waals surface area contributed by atoms with Gasteiger partial charge in [0.25, 0.3) is 0 Å². The molecule has 1 aromatic carbocycles. The fourth-order valence-electron chi connectivity index (χ4n) is 3.64. The Hall–Kier alpha value is -0.540. The van der Waals surface area contributed by atoms with Gasteiger partial charge in [-0.2, -0.15) is 0 Å². The lowest BCUT2D eigenvalue weighted by atomic mass is 9.84. The molecule has 3 heteroatoms. The second kappa shape index (κ2) is 5.69. The van der Waals surface area contributed by atoms with Gasteiger partial charge in [-0.3, -0.25) is 0 Å². The van der Waals surface area contributed by atoms with E-state index in [0.29, 0.717) is 0 Å². The van der Waals surface area contributed by atoms with E-state index in [1.165, 1.54) is 30.4 Å². The van der Waals surface area contributed by atoms with Crippen molar-refractivity contribution < 1.29 is 4.74 Å². The van der Waals surface area contributed by atoms with Gasteiger partial charge >= 0.3 is 0 Å². The molecule has 110 valence electrons. The van der Waals surface area contributed by atoms with Crippen molar-refractivity contribution in [1.82, 2.24) is 0 Å². The number of hydrogen-bond acceptors (Lipinski definition) is 2. The van der Waals surface area contributed by atoms with Crippen LogP contribution in [0.15, 0.2) is 16.6 Å². The maximum absolute atomic E-state index is 6.73. The van der Waals surface area contributed by atoms with Crippen LogP contribution in [0.2, 0.25) is 0 Å². The zero-order chi connectivity index (χ0) is 14.2. The van der Waals surface area contributed by atoms with Gasteiger partial charge in [0.05, 0.1) is 6.61 Å². The summed E-state index contributed by atoms with van der Waals surface area (Å²) in [7, 11) is 0. The Bertz CT molecular complexity index is 502. The lowest BCUT2D eigenvalue weighted by Crippen LogP contribution is -2.41. The monoisotopic (exact) mass is 337 g/mol. The van der Waals surface area contributed by atoms with Crippen LogP contribution in [0, 0.1) is 5.92 Å². The normalized spacial score (nSPS) is 29.6. The Morgan fingerprint density at radius 3 is 3.05 bits per heavy atom. The summed E-state index contributed by atoms with van der Waals surface area (Å²) >= 11 is 3.63. The van der Waals surface area contributed by atoms with Crippen LogP contribution in [0.4, 0.5) is 0 Å². The van der Waals surface area contributed by atoms with E-state index in [1.807, 2.05) is 0 Å². The van der Waals surface area contributed by atoms with E-state index in [1.54, 1.807) is 0 Å². The number of hydrogen-bond donors (Lipinski definition) is 1. The molecule has 0 saturated heterocycles. The summed E-state index contributed by atoms with van der Waals surface area (Å²) in [6.45, 7) is 3.17. The van der Waals surface area contributed by atoms with Gasteiger partial charge in [0.2, 0.25) is 0 Å². The molecule has 3 rings (SSSR count). The van der Waals surface area contributed by atoms with Crippen molar-refractivity contribution in [3.63, 3.8) is 0 Å². The highest BCUT2D eigenvalue weighted by Crippen LogP contribution is 2.38. The van der Waals surface area contributed by atoms with Gasteiger partial charge in [-0.1, -0.05) is 35.7 Å². The van der Waals surface area contributed by atoms with Crippen LogP contribution in [0.25, 0.3) is 0 Å². The zero-order valence-electron chi connectivity index (χ0n) is 12.3. The van der Waals surface area contributed by atoms with Crippen LogP contribution >= 0.6 is 15.9 Å². The summed E-state index contributed by atoms with van der Waals surface area (Å²) in [5.74, 6) is 1.93. The van der Waals surface area contributed by atoms with Crippen molar-refractivity contribution in [3.8, 4) is 5.75 Å². The molecule has 1 aliphatic carbocycles. The smallest absolute Gasteiger partial charge is 0.125 e. The summed E-state index contributed by atoms with van der Waals surface area (Å²) < 4.78 is 7.00. The molecule has 1 aromatic rings. The third kappa shape index (κ3) is 3.04. The highest BCUT2D eigenvalue weighted by molar-refractivity contribution is 9.10. The third-order valence-electron chi connectivity index (χ3n) is 4.87. The van der Waals surface area contributed by atoms with E-state index >= 15 is 0 Å². The number of nitrogens with two attached hydrogens (primary N) is 1. The second-order valence-corrected chi connectivity index (χ2v) is 7.64. The van der Waals surface area contributed by atoms with Gasteiger partial charge in [-0.25, -0.2) is 0 Å². The summed E-state index contributed by atoms with van der Waals surface area (Å²) in [6, 6.07) is 4.39. The zero-order valence-corrected chi connectivity index (χ0v) is 13.8. The van der Waals surface area contributed by atoms with Crippen LogP contribution < -0.4 is 10.5 Å². The first kappa shape index (κ1) is 14.4. The summed E-state index contributed by atoms with van der Waals surface area (Å²) in [5, 5.41) is 0. The molecule has 1 fully saturated rings. The molecule has 2 nitrogen and oxygen atoms in total. The molecule has 2 atom stereocenters. The molecule has 2 N–H and O–H groups in total. The van der Waals surface area contributed by atoms with Crippen molar-refractivity contribution in [2.24, 2.45) is 11.7 Å². The van der Waals surface area contributed by atoms with Gasteiger partial charge in [-0.15, -0.1) is 0 Å². The lowest BCUT2D eigenvalue weighted by molar-refractivity contribution is 0.335. The Kier molecular flexibility index (Phi) is 4.09. The third-order valence-corrected chi connectivity index (χ3v) is 5.33. The van der Waals surface area contributed by atoms with Crippen LogP contribution in [0.5, 0.6) is 5.75 Å². The van der Waals surface area contributed by atoms with Crippen molar-refractivity contribution in [1.29, 1.82) is 0 Å². The average molecular weight is 338 g/mol. The molecular weight excluding hydrogens is 314 g/mol. The first-order chi connectivity index (χ1) is 9.56. The quantitative estimate of drug-likeness (QED) is 0.820. The van der Waals surface area contributed by atoms with Gasteiger partial charge in [-0.05, 0) is 54.9 Å². The average Bonchev–Trinajstić information content (AvgIpc) is 2.78. The Balaban J connectivity index is 1.83. The van der Waals surface area contributed by atoms with Crippen molar-refractivity contribution >= 4 is 15.9 Å². The molecule has 0 spiro atoms. The number of rotatable bonds is 2. The molecule has 2 unspecified atom stereocenters. The number of fused-ring (bicyclic) bond motifs is 1. The predicted molar refractivity (Wildman–Crippen MR) is 86.2 cm³/mol. The van der Waals surface area contributed by atoms with E-state index in [0.717, 1.165) is 48.4 Å². The minimum absolute atomic E-state index is 0.0503. The van der Waals surface area contributed by atoms with Gasteiger partial charge < -0.3 is 10.5 Å². The minimum Gasteiger partial charge on any atom is -0.493 e. The van der Waals surface area contributed by atoms with Crippen LogP contribution in [0.3, 0.4) is 0 Å². The molecule has 1 aliphatic heterocycles. The number of benzene rings is 1. The van der Waals surface area contributed by atoms with E-state index < -0.39 is 0 Å². The number of halogens is 1. The summed E-state index contributed by atoms with van der Waals surface area (Å²) in [4.78, 5) is 0. The molecule has 2 aliphatic rings. The Morgan fingerprint density at radius 1 is 1.35 bits per heavy atom. The molecule has 0 radical (unpaired) electrons. The fourth-order valence-corrected chi connectivity index (χ4v) is 4.19. The fraction of sp³-hybridized carbons (Fsp3) is 0.647. The molecule has 0 bridgehead atoms. The summed E-state index contributed by atoms with van der Waals surface area (Å²) in [6.07, 6.45) is 8.08. The van der Waals surface area contributed by atoms with Crippen molar-refractivity contribution in [3.05, 3.63) is 27.7 Å². The molecule has 1 saturated carbocycles. The molecular formula is C17H24BrNO. The summed E-state index contributed by atoms with van der Waals surface area (Å²) in [5.41, 5.74) is 9.30. The van der Waals surface area contributed by atoms with E-state index in [9.17, 15) is 0 Å². The van der Waals surface area contributed by atoms with Crippen molar-refractivity contribution in [2.45, 2.75) is 57.4 Å². The Morgan fingerprint density at radius 2 is 2.20 bits per heavy atom. The lowest BCUT2D eigenvalue weighted by Gasteiger charge is -2.29. The van der Waals surface area contributed by atoms with Crippen LogP contribution in [-0.4, -0.2) is 12.1 Å². The highest BCUT2D eigenvalue weighted by atomic mass is 79.9. The topological polar surface area (TPSA) is 35.2 Å². The minimum atomic E-state index is -0.0503. The van der Waals surface area contributed by atoms with Gasteiger partial charge in [0.15, 0.2) is 0 Å². The molecule has 20 heavy (non-hydrogen) atoms. The molecule has 1 heterocycles. The highest BCUT2D eigenvalue weighted by Gasteiger charge is 2.30. The maximum Gasteiger partial charge on any atom is 0.125 e. The molecule has 0 amide bonds. The van der Waals surface area contributed by atoms with Crippen molar-refractivity contribution in [2.75, 3.05) is 6.61 Å². The van der Waals surface area contributed by atoms with Gasteiger partial charge in [0.1, 0.15) is 5.75 Å². The van der Waals surface area contributed by atoms with E-state index in [-0.39, 0.29) is 5.54 Å². The maximum atomic E-state index is 6.73. The predicted octanol–water partition coefficient (Wildman–Crippen LogP) is 4.22. The largest absolute Gasteiger partial charge is 0.493 e. The SMILES string of the molecule is CC1CCCC(N)(Cc2cc(Br)cc3c2OCC3)CC1. The first-order valence-electron chi connectivity index (χ1n) is 7.79. The van der Waals surface area contributed by atoms with Crippen LogP contribution in [0.1, 0.15) is 50.2 Å². The Labute approximate surface area is 130 Å². The van der Waals surface area contributed by atoms with Gasteiger partial charge in [0, 0.05) is 16.4 Å². The second-order valence-electron chi connectivity index (χ2n) is 6.73. The van der Waals surface area contributed by atoms with Crippen LogP contribution in [-0.2, 0) is 12.8 Å². The standard InChI is InChI=1S/C17H24BrNO/c1-12-3-2-6-17(19,7-4-12)11-14-10-15(18)9-13-5-8-20-16(13)14/h9-10,12H,2-8,11,19H2,1H3. The van der Waals surface area contributed by atoms with E-state index in [4.69, 9.17) is 10.5 Å². The molecule has 0 aromatic heterocycles. The van der Waals surface area contributed by atoms with E-state index in [2.05, 4.69) is 35.0 Å². The first-order valence-corrected chi connectivity index (χ1v) is 8.58. The number of ether oxygens (including phenoxy) is 1.